The van der Waals surface area contributed by atoms with Crippen LogP contribution in [0.4, 0.5) is 0 Å². The Bertz CT molecular complexity index is 554. The van der Waals surface area contributed by atoms with Crippen molar-refractivity contribution in [1.29, 1.82) is 0 Å². The number of halogens is 2. The van der Waals surface area contributed by atoms with Crippen molar-refractivity contribution in [3.63, 3.8) is 0 Å². The van der Waals surface area contributed by atoms with Crippen LogP contribution in [0.3, 0.4) is 0 Å². The van der Waals surface area contributed by atoms with E-state index in [0.29, 0.717) is 11.1 Å². The monoisotopic (exact) mass is 314 g/mol. The molecule has 102 valence electrons. The lowest BCUT2D eigenvalue weighted by Gasteiger charge is -2.16. The van der Waals surface area contributed by atoms with Gasteiger partial charge in [0.15, 0.2) is 0 Å². The Kier molecular flexibility index (Phi) is 5.22. The number of nitrogens with one attached hydrogen (secondary N) is 1. The summed E-state index contributed by atoms with van der Waals surface area (Å²) in [5.41, 5.74) is 2.24. The van der Waals surface area contributed by atoms with E-state index in [1.807, 2.05) is 26.1 Å². The van der Waals surface area contributed by atoms with Gasteiger partial charge >= 0.3 is 0 Å². The van der Waals surface area contributed by atoms with E-state index < -0.39 is 0 Å². The quantitative estimate of drug-likeness (QED) is 0.897. The zero-order valence-electron chi connectivity index (χ0n) is 10.9. The van der Waals surface area contributed by atoms with E-state index >= 15 is 0 Å². The number of benzene rings is 1. The van der Waals surface area contributed by atoms with E-state index in [-0.39, 0.29) is 0 Å². The summed E-state index contributed by atoms with van der Waals surface area (Å²) in [4.78, 5) is 4.50. The summed E-state index contributed by atoms with van der Waals surface area (Å²) in [5.74, 6) is 0. The van der Waals surface area contributed by atoms with Gasteiger partial charge in [-0.15, -0.1) is 11.3 Å². The number of nitrogens with zero attached hydrogens (tertiary/aromatic N) is 1. The SMILES string of the molecule is CNC(Cc1csc(C)n1)Cc1ccc(Cl)cc1Cl. The highest BCUT2D eigenvalue weighted by atomic mass is 35.5. The van der Waals surface area contributed by atoms with Crippen molar-refractivity contribution in [2.75, 3.05) is 7.05 Å². The standard InChI is InChI=1S/C14H16Cl2N2S/c1-9-18-13(8-19-9)7-12(17-2)5-10-3-4-11(15)6-14(10)16/h3-4,6,8,12,17H,5,7H2,1-2H3. The average molecular weight is 315 g/mol. The highest BCUT2D eigenvalue weighted by Crippen LogP contribution is 2.23. The number of likely N-dealkylation sites (N-methyl/N-ethyl adjacent to an activating group) is 1. The zero-order chi connectivity index (χ0) is 13.8. The van der Waals surface area contributed by atoms with Crippen LogP contribution in [0.15, 0.2) is 23.6 Å². The van der Waals surface area contributed by atoms with Crippen molar-refractivity contribution >= 4 is 34.5 Å². The molecule has 1 heterocycles. The predicted molar refractivity (Wildman–Crippen MR) is 83.6 cm³/mol. The molecule has 1 atom stereocenters. The second-order valence-electron chi connectivity index (χ2n) is 4.49. The Morgan fingerprint density at radius 3 is 2.68 bits per heavy atom. The number of thiazole rings is 1. The van der Waals surface area contributed by atoms with Crippen molar-refractivity contribution in [3.05, 3.63) is 49.9 Å². The maximum absolute atomic E-state index is 6.21. The molecule has 0 aliphatic carbocycles. The first-order chi connectivity index (χ1) is 9.08. The molecule has 5 heteroatoms. The lowest BCUT2D eigenvalue weighted by Crippen LogP contribution is -2.30. The van der Waals surface area contributed by atoms with Crippen molar-refractivity contribution in [3.8, 4) is 0 Å². The Labute approximate surface area is 127 Å². The van der Waals surface area contributed by atoms with E-state index in [1.54, 1.807) is 17.4 Å². The van der Waals surface area contributed by atoms with Crippen molar-refractivity contribution in [1.82, 2.24) is 10.3 Å². The molecule has 1 unspecified atom stereocenters. The Morgan fingerprint density at radius 1 is 1.32 bits per heavy atom. The molecule has 0 bridgehead atoms. The Morgan fingerprint density at radius 2 is 2.11 bits per heavy atom. The fraction of sp³-hybridized carbons (Fsp3) is 0.357. The van der Waals surface area contributed by atoms with Crippen LogP contribution in [0.2, 0.25) is 10.0 Å². The lowest BCUT2D eigenvalue weighted by molar-refractivity contribution is 0.551. The van der Waals surface area contributed by atoms with Gasteiger partial charge in [0.05, 0.1) is 10.7 Å². The van der Waals surface area contributed by atoms with Gasteiger partial charge in [0.2, 0.25) is 0 Å². The van der Waals surface area contributed by atoms with E-state index in [9.17, 15) is 0 Å². The third-order valence-electron chi connectivity index (χ3n) is 3.01. The van der Waals surface area contributed by atoms with Crippen LogP contribution < -0.4 is 5.32 Å². The molecule has 0 saturated heterocycles. The van der Waals surface area contributed by atoms with E-state index in [1.165, 1.54) is 0 Å². The van der Waals surface area contributed by atoms with Crippen molar-refractivity contribution in [2.45, 2.75) is 25.8 Å². The molecule has 1 N–H and O–H groups in total. The third kappa shape index (κ3) is 4.18. The molecule has 1 aromatic heterocycles. The fourth-order valence-electron chi connectivity index (χ4n) is 1.98. The van der Waals surface area contributed by atoms with Crippen LogP contribution in [0.25, 0.3) is 0 Å². The van der Waals surface area contributed by atoms with Gasteiger partial charge in [-0.2, -0.15) is 0 Å². The summed E-state index contributed by atoms with van der Waals surface area (Å²) >= 11 is 13.8. The van der Waals surface area contributed by atoms with Gasteiger partial charge in [-0.1, -0.05) is 29.3 Å². The van der Waals surface area contributed by atoms with Crippen molar-refractivity contribution in [2.24, 2.45) is 0 Å². The van der Waals surface area contributed by atoms with E-state index in [4.69, 9.17) is 23.2 Å². The molecule has 0 aliphatic rings. The Hall–Kier alpha value is -0.610. The first kappa shape index (κ1) is 14.8. The smallest absolute Gasteiger partial charge is 0.0897 e. The van der Waals surface area contributed by atoms with E-state index in [0.717, 1.165) is 34.1 Å². The van der Waals surface area contributed by atoms with Gasteiger partial charge in [-0.05, 0) is 38.1 Å². The first-order valence-electron chi connectivity index (χ1n) is 6.10. The summed E-state index contributed by atoms with van der Waals surface area (Å²) < 4.78 is 0. The number of aryl methyl sites for hydroxylation is 1. The van der Waals surface area contributed by atoms with Gasteiger partial charge < -0.3 is 5.32 Å². The molecule has 2 aromatic rings. The molecule has 1 aromatic carbocycles. The highest BCUT2D eigenvalue weighted by Gasteiger charge is 2.12. The third-order valence-corrected chi connectivity index (χ3v) is 4.42. The normalized spacial score (nSPS) is 12.6. The summed E-state index contributed by atoms with van der Waals surface area (Å²) in [7, 11) is 1.97. The van der Waals surface area contributed by atoms with Crippen LogP contribution in [0, 0.1) is 6.92 Å². The molecule has 0 radical (unpaired) electrons. The number of aromatic nitrogens is 1. The van der Waals surface area contributed by atoms with Gasteiger partial charge in [0.25, 0.3) is 0 Å². The van der Waals surface area contributed by atoms with Crippen LogP contribution >= 0.6 is 34.5 Å². The van der Waals surface area contributed by atoms with E-state index in [2.05, 4.69) is 15.7 Å². The molecule has 19 heavy (non-hydrogen) atoms. The maximum atomic E-state index is 6.21. The van der Waals surface area contributed by atoms with Crippen molar-refractivity contribution < 1.29 is 0 Å². The topological polar surface area (TPSA) is 24.9 Å². The van der Waals surface area contributed by atoms with Crippen LogP contribution in [0.5, 0.6) is 0 Å². The lowest BCUT2D eigenvalue weighted by atomic mass is 10.0. The fourth-order valence-corrected chi connectivity index (χ4v) is 3.09. The minimum atomic E-state index is 0.320. The molecule has 0 fully saturated rings. The largest absolute Gasteiger partial charge is 0.316 e. The van der Waals surface area contributed by atoms with Crippen LogP contribution in [-0.4, -0.2) is 18.1 Å². The molecule has 2 nitrogen and oxygen atoms in total. The molecular weight excluding hydrogens is 299 g/mol. The first-order valence-corrected chi connectivity index (χ1v) is 7.74. The minimum absolute atomic E-state index is 0.320. The summed E-state index contributed by atoms with van der Waals surface area (Å²) in [6.45, 7) is 2.03. The molecule has 0 aliphatic heterocycles. The highest BCUT2D eigenvalue weighted by molar-refractivity contribution is 7.09. The zero-order valence-corrected chi connectivity index (χ0v) is 13.2. The second kappa shape index (κ2) is 6.71. The molecular formula is C14H16Cl2N2S. The molecule has 0 amide bonds. The summed E-state index contributed by atoms with van der Waals surface area (Å²) in [5, 5.41) is 7.94. The summed E-state index contributed by atoms with van der Waals surface area (Å²) in [6.07, 6.45) is 1.77. The van der Waals surface area contributed by atoms with Gasteiger partial charge in [-0.25, -0.2) is 4.98 Å². The van der Waals surface area contributed by atoms with Gasteiger partial charge in [0.1, 0.15) is 0 Å². The number of hydrogen-bond acceptors (Lipinski definition) is 3. The predicted octanol–water partition coefficient (Wildman–Crippen LogP) is 4.13. The summed E-state index contributed by atoms with van der Waals surface area (Å²) in [6, 6.07) is 5.97. The molecule has 2 rings (SSSR count). The maximum Gasteiger partial charge on any atom is 0.0897 e. The number of rotatable bonds is 5. The Balaban J connectivity index is 2.06. The number of hydrogen-bond donors (Lipinski definition) is 1. The second-order valence-corrected chi connectivity index (χ2v) is 6.39. The minimum Gasteiger partial charge on any atom is -0.316 e. The van der Waals surface area contributed by atoms with Gasteiger partial charge in [0, 0.05) is 27.9 Å². The van der Waals surface area contributed by atoms with Crippen LogP contribution in [-0.2, 0) is 12.8 Å². The van der Waals surface area contributed by atoms with Gasteiger partial charge in [-0.3, -0.25) is 0 Å². The molecule has 0 spiro atoms. The average Bonchev–Trinajstić information content (AvgIpc) is 2.77. The molecule has 0 saturated carbocycles. The van der Waals surface area contributed by atoms with Crippen LogP contribution in [0.1, 0.15) is 16.3 Å².